The van der Waals surface area contributed by atoms with Crippen molar-refractivity contribution in [2.45, 2.75) is 0 Å². The Balaban J connectivity index is 1.18. The summed E-state index contributed by atoms with van der Waals surface area (Å²) in [6, 6.07) is 111. The minimum absolute atomic E-state index is 1.21. The highest BCUT2D eigenvalue weighted by atomic mass is 32.9. The van der Waals surface area contributed by atoms with E-state index < -0.39 is 0 Å². The highest BCUT2D eigenvalue weighted by Gasteiger charge is 2.23. The summed E-state index contributed by atoms with van der Waals surface area (Å²) in [5, 5.41) is 0. The lowest BCUT2D eigenvalue weighted by molar-refractivity contribution is 1.71. The first-order chi connectivity index (χ1) is 47.2. The summed E-state index contributed by atoms with van der Waals surface area (Å²) >= 11 is 9.59. The molecular formula is C80H50S15. The molecular weight excluding hydrogens is 1440 g/mol. The van der Waals surface area contributed by atoms with Crippen LogP contribution >= 0.6 is 160 Å². The number of hydrogen-bond donors (Lipinski definition) is 0. The van der Waals surface area contributed by atoms with Gasteiger partial charge in [-0.3, -0.25) is 0 Å². The number of benzene rings is 10. The highest BCUT2D eigenvalue weighted by molar-refractivity contribution is 7.81. The quantitative estimate of drug-likeness (QED) is 0.120. The molecule has 460 valence electrons. The summed E-state index contributed by atoms with van der Waals surface area (Å²) in [7, 11) is 19.2. The first kappa shape index (κ1) is 62.7. The fourth-order valence-electron chi connectivity index (χ4n) is 11.0. The monoisotopic (exact) mass is 1490 g/mol. The van der Waals surface area contributed by atoms with Crippen LogP contribution in [0.3, 0.4) is 0 Å². The maximum Gasteiger partial charge on any atom is 0.0750 e. The molecule has 0 spiro atoms. The normalized spacial score (nSPS) is 11.2. The molecule has 0 saturated carbocycles. The molecule has 0 saturated heterocycles. The summed E-state index contributed by atoms with van der Waals surface area (Å²) < 4.78 is 12.7. The van der Waals surface area contributed by atoms with Crippen LogP contribution in [0.25, 0.3) is 151 Å². The molecule has 6 aromatic heterocycles. The van der Waals surface area contributed by atoms with E-state index in [1.165, 1.54) is 151 Å². The third-order valence-corrected chi connectivity index (χ3v) is 36.3. The zero-order valence-corrected chi connectivity index (χ0v) is 62.2. The molecule has 0 aliphatic rings. The lowest BCUT2D eigenvalue weighted by Gasteiger charge is -1.98. The second kappa shape index (κ2) is 29.3. The molecule has 0 fully saturated rings. The van der Waals surface area contributed by atoms with Crippen LogP contribution in [0, 0.1) is 0 Å². The first-order valence-electron chi connectivity index (χ1n) is 30.3. The van der Waals surface area contributed by atoms with E-state index >= 15 is 0 Å². The molecule has 0 aliphatic carbocycles. The molecule has 0 amide bonds. The molecule has 95 heavy (non-hydrogen) atoms. The topological polar surface area (TPSA) is 0 Å². The molecule has 0 aliphatic heterocycles. The van der Waals surface area contributed by atoms with Crippen molar-refractivity contribution in [3.8, 4) is 104 Å². The van der Waals surface area contributed by atoms with Crippen molar-refractivity contribution in [1.29, 1.82) is 0 Å². The lowest BCUT2D eigenvalue weighted by atomic mass is 10.1. The van der Waals surface area contributed by atoms with Crippen molar-refractivity contribution in [2.75, 3.05) is 0 Å². The van der Waals surface area contributed by atoms with Gasteiger partial charge in [-0.25, -0.2) is 0 Å². The van der Waals surface area contributed by atoms with Crippen molar-refractivity contribution < 1.29 is 0 Å². The molecule has 16 aromatic rings. The van der Waals surface area contributed by atoms with Crippen LogP contribution in [0.4, 0.5) is 0 Å². The summed E-state index contributed by atoms with van der Waals surface area (Å²) in [6.45, 7) is 0. The smallest absolute Gasteiger partial charge is 0.0750 e. The van der Waals surface area contributed by atoms with E-state index in [4.69, 9.17) is 0 Å². The van der Waals surface area contributed by atoms with Crippen LogP contribution in [-0.4, -0.2) is 0 Å². The van der Waals surface area contributed by atoms with E-state index in [0.717, 1.165) is 0 Å². The minimum Gasteiger partial charge on any atom is -0.132 e. The maximum atomic E-state index is 2.30. The van der Waals surface area contributed by atoms with Gasteiger partial charge < -0.3 is 0 Å². The Morgan fingerprint density at radius 2 is 0.189 bits per heavy atom. The van der Waals surface area contributed by atoms with E-state index in [9.17, 15) is 0 Å². The van der Waals surface area contributed by atoms with Crippen LogP contribution in [0.15, 0.2) is 303 Å². The molecule has 0 radical (unpaired) electrons. The van der Waals surface area contributed by atoms with E-state index in [-0.39, 0.29) is 0 Å². The van der Waals surface area contributed by atoms with Crippen molar-refractivity contribution in [3.63, 3.8) is 0 Å². The van der Waals surface area contributed by atoms with Gasteiger partial charge in [-0.1, -0.05) is 407 Å². The molecule has 0 unspecified atom stereocenters. The third-order valence-electron chi connectivity index (χ3n) is 15.5. The van der Waals surface area contributed by atoms with Crippen LogP contribution in [0.2, 0.25) is 0 Å². The Kier molecular flexibility index (Phi) is 19.3. The SMILES string of the molecule is c1ccc(-c2sc(-c3ccccc3)c3ssc4c(-c5ccccc5)sc(-c5ccccc5)c4ssc4c(-c5ccccc5)sc(-c5ccccc5)c4ssc4c(-c5ccccc5)sc(-c5ccccc5)c4ssc4c(-c5ccccc5)sc(-c5ccccc5)c4ssc23)cc1. The second-order valence-corrected chi connectivity index (χ2v) is 37.4. The van der Waals surface area contributed by atoms with Crippen LogP contribution in [0.1, 0.15) is 0 Å². The molecule has 0 N–H and O–H groups in total. The van der Waals surface area contributed by atoms with Gasteiger partial charge in [-0.05, 0) is 55.6 Å². The van der Waals surface area contributed by atoms with E-state index in [0.29, 0.717) is 0 Å². The van der Waals surface area contributed by atoms with Gasteiger partial charge >= 0.3 is 0 Å². The zero-order valence-electron chi connectivity index (χ0n) is 50.0. The van der Waals surface area contributed by atoms with E-state index in [2.05, 4.69) is 303 Å². The van der Waals surface area contributed by atoms with Gasteiger partial charge in [0.05, 0.1) is 95.8 Å². The second-order valence-electron chi connectivity index (χ2n) is 21.6. The molecule has 15 heteroatoms. The Morgan fingerprint density at radius 3 is 0.274 bits per heavy atom. The highest BCUT2D eigenvalue weighted by Crippen LogP contribution is 2.56. The molecule has 10 aromatic carbocycles. The Labute approximate surface area is 607 Å². The standard InChI is InChI=1S/C80H50S15/c1-11-31-51(32-12-1)61-71-72(62(81-61)52-33-13-2-14-34-52)87-89-75-65(55-39-19-5-20-40-55)83-66(56-41-21-6-22-42-56)76(75)91-93-79-69(59-47-27-9-28-48-59)85-70(60-49-29-10-30-50-60)80(79)95-94-78-68(58-45-25-8-26-46-58)84-67(57-43-23-7-24-44-57)77(78)92-90-74-64(54-37-17-4-18-38-54)82-63(73(74)88-86-71)53-35-15-3-16-36-53/h1-50H. The summed E-state index contributed by atoms with van der Waals surface area (Å²) in [5.74, 6) is 0. The van der Waals surface area contributed by atoms with Gasteiger partial charge in [0.25, 0.3) is 0 Å². The van der Waals surface area contributed by atoms with Gasteiger partial charge in [-0.2, -0.15) is 0 Å². The first-order valence-corrected chi connectivity index (χ1v) is 45.1. The van der Waals surface area contributed by atoms with Crippen LogP contribution in [0.5, 0.6) is 0 Å². The van der Waals surface area contributed by atoms with Gasteiger partial charge in [0.15, 0.2) is 0 Å². The molecule has 0 bridgehead atoms. The molecule has 16 rings (SSSR count). The largest absolute Gasteiger partial charge is 0.132 e. The summed E-state index contributed by atoms with van der Waals surface area (Å²) in [6.07, 6.45) is 0. The van der Waals surface area contributed by atoms with Crippen molar-refractivity contribution in [1.82, 2.24) is 0 Å². The maximum absolute atomic E-state index is 2.30. The van der Waals surface area contributed by atoms with Crippen molar-refractivity contribution in [3.05, 3.63) is 303 Å². The Morgan fingerprint density at radius 1 is 0.105 bits per heavy atom. The molecule has 0 atom stereocenters. The van der Waals surface area contributed by atoms with E-state index in [1.54, 1.807) is 0 Å². The average molecular weight is 1490 g/mol. The van der Waals surface area contributed by atoms with Gasteiger partial charge in [0.1, 0.15) is 0 Å². The molecule has 6 heterocycles. The average Bonchev–Trinajstić information content (AvgIpc) is 1.64. The predicted octanol–water partition coefficient (Wildman–Crippen LogP) is 31.8. The van der Waals surface area contributed by atoms with Crippen molar-refractivity contribution >= 4 is 207 Å². The number of thiophene rings is 5. The zero-order chi connectivity index (χ0) is 63.3. The van der Waals surface area contributed by atoms with Crippen molar-refractivity contribution in [2.24, 2.45) is 0 Å². The Bertz CT molecular complexity index is 4500. The summed E-state index contributed by atoms with van der Waals surface area (Å²) in [5.41, 5.74) is 12.1. The Hall–Kier alpha value is -7.10. The fourth-order valence-corrected chi connectivity index (χ4v) is 36.1. The van der Waals surface area contributed by atoms with Gasteiger partial charge in [0, 0.05) is 0 Å². The van der Waals surface area contributed by atoms with Gasteiger partial charge in [-0.15, -0.1) is 56.7 Å². The van der Waals surface area contributed by atoms with Crippen LogP contribution in [-0.2, 0) is 0 Å². The van der Waals surface area contributed by atoms with Crippen LogP contribution < -0.4 is 0 Å². The molecule has 0 nitrogen and oxygen atoms in total. The lowest BCUT2D eigenvalue weighted by Crippen LogP contribution is -1.70. The number of rotatable bonds is 10. The fraction of sp³-hybridized carbons (Fsp3) is 0. The predicted molar refractivity (Wildman–Crippen MR) is 442 cm³/mol. The number of hydrogen-bond acceptors (Lipinski definition) is 15. The third kappa shape index (κ3) is 13.2. The van der Waals surface area contributed by atoms with E-state index in [1.807, 2.05) is 160 Å². The van der Waals surface area contributed by atoms with Gasteiger partial charge in [0.2, 0.25) is 0 Å². The minimum atomic E-state index is 1.21. The summed E-state index contributed by atoms with van der Waals surface area (Å²) in [4.78, 5) is 12.7. The number of fused-ring (bicyclic) bond motifs is 5.